The summed E-state index contributed by atoms with van der Waals surface area (Å²) in [6, 6.07) is 6.93. The van der Waals surface area contributed by atoms with Crippen molar-refractivity contribution in [2.45, 2.75) is 25.3 Å². The summed E-state index contributed by atoms with van der Waals surface area (Å²) in [5.41, 5.74) is 1.04. The molecule has 1 aromatic heterocycles. The molecule has 0 bridgehead atoms. The van der Waals surface area contributed by atoms with Crippen LogP contribution in [0.4, 0.5) is 5.69 Å². The molecule has 0 unspecified atom stereocenters. The molecule has 4 rings (SSSR count). The zero-order valence-corrected chi connectivity index (χ0v) is 10.6. The van der Waals surface area contributed by atoms with E-state index in [1.807, 2.05) is 0 Å². The van der Waals surface area contributed by atoms with Crippen molar-refractivity contribution in [1.29, 1.82) is 0 Å². The molecular formula is C14H11N3O3. The lowest BCUT2D eigenvalue weighted by Gasteiger charge is -2.13. The number of carbonyl (C=O) groups excluding carboxylic acids is 2. The van der Waals surface area contributed by atoms with Gasteiger partial charge in [0.25, 0.3) is 11.7 Å². The van der Waals surface area contributed by atoms with Gasteiger partial charge >= 0.3 is 0 Å². The zero-order chi connectivity index (χ0) is 13.7. The van der Waals surface area contributed by atoms with E-state index >= 15 is 0 Å². The fourth-order valence-electron chi connectivity index (χ4n) is 2.38. The van der Waals surface area contributed by atoms with Gasteiger partial charge in [-0.15, -0.1) is 0 Å². The number of anilines is 1. The van der Waals surface area contributed by atoms with Gasteiger partial charge in [-0.3, -0.25) is 14.5 Å². The number of carbonyl (C=O) groups is 2. The van der Waals surface area contributed by atoms with E-state index in [0.29, 0.717) is 28.9 Å². The topological polar surface area (TPSA) is 76.3 Å². The van der Waals surface area contributed by atoms with Crippen molar-refractivity contribution in [3.8, 4) is 0 Å². The number of benzene rings is 1. The van der Waals surface area contributed by atoms with Gasteiger partial charge in [0.2, 0.25) is 5.89 Å². The SMILES string of the molecule is O=C1C(=O)N(Cc2nc(C3CC3)no2)c2ccccc21. The molecule has 0 saturated heterocycles. The van der Waals surface area contributed by atoms with Crippen molar-refractivity contribution in [2.75, 3.05) is 4.90 Å². The minimum Gasteiger partial charge on any atom is -0.337 e. The molecule has 1 aliphatic carbocycles. The molecule has 1 saturated carbocycles. The summed E-state index contributed by atoms with van der Waals surface area (Å²) >= 11 is 0. The van der Waals surface area contributed by atoms with Crippen molar-refractivity contribution in [3.63, 3.8) is 0 Å². The maximum Gasteiger partial charge on any atom is 0.299 e. The highest BCUT2D eigenvalue weighted by molar-refractivity contribution is 6.52. The van der Waals surface area contributed by atoms with E-state index in [1.54, 1.807) is 24.3 Å². The van der Waals surface area contributed by atoms with Crippen LogP contribution in [0, 0.1) is 0 Å². The summed E-state index contributed by atoms with van der Waals surface area (Å²) < 4.78 is 5.16. The number of aromatic nitrogens is 2. The molecule has 100 valence electrons. The molecule has 6 heteroatoms. The average molecular weight is 269 g/mol. The first-order valence-corrected chi connectivity index (χ1v) is 6.52. The Morgan fingerprint density at radius 2 is 2.05 bits per heavy atom. The lowest BCUT2D eigenvalue weighted by atomic mass is 10.1. The molecule has 6 nitrogen and oxygen atoms in total. The van der Waals surface area contributed by atoms with Crippen LogP contribution in [0.15, 0.2) is 28.8 Å². The molecule has 0 spiro atoms. The Balaban J connectivity index is 1.64. The lowest BCUT2D eigenvalue weighted by molar-refractivity contribution is -0.114. The number of hydrogen-bond donors (Lipinski definition) is 0. The van der Waals surface area contributed by atoms with Gasteiger partial charge in [-0.25, -0.2) is 0 Å². The van der Waals surface area contributed by atoms with Crippen LogP contribution in [0.3, 0.4) is 0 Å². The monoisotopic (exact) mass is 269 g/mol. The zero-order valence-electron chi connectivity index (χ0n) is 10.6. The first-order chi connectivity index (χ1) is 9.74. The number of Topliss-reactive ketones (excluding diaryl/α,β-unsaturated/α-hetero) is 1. The van der Waals surface area contributed by atoms with Crippen LogP contribution >= 0.6 is 0 Å². The lowest BCUT2D eigenvalue weighted by Crippen LogP contribution is -2.29. The van der Waals surface area contributed by atoms with Crippen LogP contribution in [-0.2, 0) is 11.3 Å². The average Bonchev–Trinajstić information content (AvgIpc) is 3.18. The van der Waals surface area contributed by atoms with E-state index in [9.17, 15) is 9.59 Å². The van der Waals surface area contributed by atoms with Crippen molar-refractivity contribution in [2.24, 2.45) is 0 Å². The Bertz CT molecular complexity index is 718. The van der Waals surface area contributed by atoms with Gasteiger partial charge in [-0.1, -0.05) is 17.3 Å². The van der Waals surface area contributed by atoms with Crippen LogP contribution in [0.5, 0.6) is 0 Å². The summed E-state index contributed by atoms with van der Waals surface area (Å²) in [6.45, 7) is 0.140. The van der Waals surface area contributed by atoms with Gasteiger partial charge < -0.3 is 4.52 Å². The van der Waals surface area contributed by atoms with E-state index in [-0.39, 0.29) is 6.54 Å². The van der Waals surface area contributed by atoms with Crippen LogP contribution in [0.2, 0.25) is 0 Å². The molecule has 2 aromatic rings. The quantitative estimate of drug-likeness (QED) is 0.792. The van der Waals surface area contributed by atoms with Gasteiger partial charge in [-0.05, 0) is 25.0 Å². The molecule has 1 amide bonds. The summed E-state index contributed by atoms with van der Waals surface area (Å²) in [7, 11) is 0. The largest absolute Gasteiger partial charge is 0.337 e. The second kappa shape index (κ2) is 4.00. The molecule has 1 fully saturated rings. The Labute approximate surface area is 114 Å². The van der Waals surface area contributed by atoms with Crippen LogP contribution < -0.4 is 4.90 Å². The number of nitrogens with zero attached hydrogens (tertiary/aromatic N) is 3. The maximum atomic E-state index is 12.0. The molecule has 1 aromatic carbocycles. The third-order valence-corrected chi connectivity index (χ3v) is 3.60. The second-order valence-electron chi connectivity index (χ2n) is 5.06. The van der Waals surface area contributed by atoms with Gasteiger partial charge in [0, 0.05) is 5.92 Å². The number of rotatable bonds is 3. The molecule has 0 radical (unpaired) electrons. The predicted octanol–water partition coefficient (Wildman–Crippen LogP) is 1.68. The Kier molecular flexibility index (Phi) is 2.26. The molecule has 0 N–H and O–H groups in total. The van der Waals surface area contributed by atoms with Crippen LogP contribution in [0.25, 0.3) is 0 Å². The molecule has 2 aliphatic rings. The first-order valence-electron chi connectivity index (χ1n) is 6.52. The second-order valence-corrected chi connectivity index (χ2v) is 5.06. The van der Waals surface area contributed by atoms with E-state index in [1.165, 1.54) is 4.90 Å². The fraction of sp³-hybridized carbons (Fsp3) is 0.286. The molecular weight excluding hydrogens is 258 g/mol. The number of fused-ring (bicyclic) bond motifs is 1. The molecule has 20 heavy (non-hydrogen) atoms. The Morgan fingerprint density at radius 3 is 2.85 bits per heavy atom. The molecule has 1 aliphatic heterocycles. The van der Waals surface area contributed by atoms with Crippen LogP contribution in [-0.4, -0.2) is 21.8 Å². The van der Waals surface area contributed by atoms with Crippen molar-refractivity contribution < 1.29 is 14.1 Å². The maximum absolute atomic E-state index is 12.0. The minimum atomic E-state index is -0.544. The van der Waals surface area contributed by atoms with Crippen molar-refractivity contribution in [3.05, 3.63) is 41.5 Å². The fourth-order valence-corrected chi connectivity index (χ4v) is 2.38. The van der Waals surface area contributed by atoms with Gasteiger partial charge in [-0.2, -0.15) is 4.98 Å². The third-order valence-electron chi connectivity index (χ3n) is 3.60. The Morgan fingerprint density at radius 1 is 1.25 bits per heavy atom. The number of ketones is 1. The first kappa shape index (κ1) is 11.3. The highest BCUT2D eigenvalue weighted by Gasteiger charge is 2.37. The van der Waals surface area contributed by atoms with E-state index in [2.05, 4.69) is 10.1 Å². The summed E-state index contributed by atoms with van der Waals surface area (Å²) in [6.07, 6.45) is 2.17. The Hall–Kier alpha value is -2.50. The van der Waals surface area contributed by atoms with Gasteiger partial charge in [0.05, 0.1) is 11.3 Å². The van der Waals surface area contributed by atoms with Crippen molar-refractivity contribution in [1.82, 2.24) is 10.1 Å². The smallest absolute Gasteiger partial charge is 0.299 e. The summed E-state index contributed by atoms with van der Waals surface area (Å²) in [5.74, 6) is 0.437. The molecule has 2 heterocycles. The highest BCUT2D eigenvalue weighted by Crippen LogP contribution is 2.38. The predicted molar refractivity (Wildman–Crippen MR) is 68.2 cm³/mol. The number of amides is 1. The van der Waals surface area contributed by atoms with E-state index in [4.69, 9.17) is 4.52 Å². The number of para-hydroxylation sites is 1. The number of hydrogen-bond acceptors (Lipinski definition) is 5. The van der Waals surface area contributed by atoms with Crippen LogP contribution in [0.1, 0.15) is 40.8 Å². The summed E-state index contributed by atoms with van der Waals surface area (Å²) in [5, 5.41) is 3.91. The molecule has 0 atom stereocenters. The van der Waals surface area contributed by atoms with E-state index < -0.39 is 11.7 Å². The standard InChI is InChI=1S/C14H11N3O3/c18-12-9-3-1-2-4-10(9)17(14(12)19)7-11-15-13(16-20-11)8-5-6-8/h1-4,8H,5-7H2. The normalized spacial score (nSPS) is 17.7. The summed E-state index contributed by atoms with van der Waals surface area (Å²) in [4.78, 5) is 29.5. The third kappa shape index (κ3) is 1.65. The van der Waals surface area contributed by atoms with Crippen molar-refractivity contribution >= 4 is 17.4 Å². The highest BCUT2D eigenvalue weighted by atomic mass is 16.5. The van der Waals surface area contributed by atoms with Gasteiger partial charge in [0.15, 0.2) is 5.82 Å². The minimum absolute atomic E-state index is 0.140. The van der Waals surface area contributed by atoms with E-state index in [0.717, 1.165) is 12.8 Å². The van der Waals surface area contributed by atoms with Gasteiger partial charge in [0.1, 0.15) is 6.54 Å².